The Kier molecular flexibility index (Phi) is 7.50. The summed E-state index contributed by atoms with van der Waals surface area (Å²) in [5.74, 6) is -1.38. The quantitative estimate of drug-likeness (QED) is 0.573. The molecule has 1 fully saturated rings. The van der Waals surface area contributed by atoms with Crippen LogP contribution in [-0.2, 0) is 14.3 Å². The zero-order valence-electron chi connectivity index (χ0n) is 19.5. The van der Waals surface area contributed by atoms with Crippen molar-refractivity contribution in [2.75, 3.05) is 19.7 Å². The molecular formula is C27H32N2O5. The van der Waals surface area contributed by atoms with Gasteiger partial charge in [0.2, 0.25) is 5.91 Å². The second-order valence-electron chi connectivity index (χ2n) is 9.12. The van der Waals surface area contributed by atoms with Gasteiger partial charge in [-0.15, -0.1) is 0 Å². The van der Waals surface area contributed by atoms with E-state index in [0.29, 0.717) is 19.4 Å². The van der Waals surface area contributed by atoms with Crippen LogP contribution in [0.1, 0.15) is 56.1 Å². The van der Waals surface area contributed by atoms with Gasteiger partial charge in [-0.25, -0.2) is 4.79 Å². The van der Waals surface area contributed by atoms with Crippen molar-refractivity contribution in [2.45, 2.75) is 51.0 Å². The van der Waals surface area contributed by atoms with E-state index >= 15 is 0 Å². The molecule has 0 radical (unpaired) electrons. The number of hydrogen-bond acceptors (Lipinski definition) is 4. The molecule has 2 aromatic carbocycles. The lowest BCUT2D eigenvalue weighted by Gasteiger charge is -2.28. The SMILES string of the molecule is CCCC(CNC(=O)OCC1c2ccccc2-c2ccccc21)C(=O)N1CCC[C@@H]1CC(=O)O. The minimum Gasteiger partial charge on any atom is -0.481 e. The van der Waals surface area contributed by atoms with E-state index in [1.165, 1.54) is 11.1 Å². The van der Waals surface area contributed by atoms with Gasteiger partial charge in [0, 0.05) is 25.0 Å². The Labute approximate surface area is 200 Å². The molecule has 2 aromatic rings. The minimum absolute atomic E-state index is 0.0207. The maximum atomic E-state index is 13.1. The van der Waals surface area contributed by atoms with Gasteiger partial charge < -0.3 is 20.1 Å². The second-order valence-corrected chi connectivity index (χ2v) is 9.12. The topological polar surface area (TPSA) is 95.9 Å². The summed E-state index contributed by atoms with van der Waals surface area (Å²) < 4.78 is 5.59. The first-order valence-corrected chi connectivity index (χ1v) is 12.1. The third-order valence-corrected chi connectivity index (χ3v) is 6.89. The standard InChI is InChI=1S/C27H32N2O5/c1-2-8-18(26(32)29-14-7-9-19(29)15-25(30)31)16-28-27(33)34-17-24-22-12-5-3-10-20(22)21-11-4-6-13-23(21)24/h3-6,10-13,18-19,24H,2,7-9,14-17H2,1H3,(H,28,33)(H,30,31)/t18?,19-/m1/s1. The normalized spacial score (nSPS) is 17.7. The lowest BCUT2D eigenvalue weighted by molar-refractivity contribution is -0.141. The number of nitrogens with zero attached hydrogens (tertiary/aromatic N) is 1. The van der Waals surface area contributed by atoms with Gasteiger partial charge in [0.05, 0.1) is 12.3 Å². The maximum absolute atomic E-state index is 13.1. The lowest BCUT2D eigenvalue weighted by Crippen LogP contribution is -2.44. The molecule has 1 saturated heterocycles. The molecule has 2 atom stereocenters. The molecule has 0 aromatic heterocycles. The summed E-state index contributed by atoms with van der Waals surface area (Å²) >= 11 is 0. The van der Waals surface area contributed by atoms with E-state index < -0.39 is 12.1 Å². The Morgan fingerprint density at radius 1 is 1.09 bits per heavy atom. The van der Waals surface area contributed by atoms with E-state index in [-0.39, 0.29) is 43.4 Å². The number of amides is 2. The summed E-state index contributed by atoms with van der Waals surface area (Å²) in [7, 11) is 0. The molecule has 2 N–H and O–H groups in total. The molecule has 2 aliphatic rings. The highest BCUT2D eigenvalue weighted by Gasteiger charge is 2.34. The monoisotopic (exact) mass is 464 g/mol. The first-order valence-electron chi connectivity index (χ1n) is 12.1. The predicted molar refractivity (Wildman–Crippen MR) is 128 cm³/mol. The van der Waals surface area contributed by atoms with E-state index in [1.807, 2.05) is 31.2 Å². The Bertz CT molecular complexity index is 1010. The third-order valence-electron chi connectivity index (χ3n) is 6.89. The van der Waals surface area contributed by atoms with Crippen molar-refractivity contribution in [3.63, 3.8) is 0 Å². The van der Waals surface area contributed by atoms with Gasteiger partial charge >= 0.3 is 12.1 Å². The molecule has 1 aliphatic carbocycles. The van der Waals surface area contributed by atoms with Gasteiger partial charge in [0.25, 0.3) is 0 Å². The minimum atomic E-state index is -0.895. The number of likely N-dealkylation sites (tertiary alicyclic amines) is 1. The smallest absolute Gasteiger partial charge is 0.407 e. The molecule has 0 saturated carbocycles. The van der Waals surface area contributed by atoms with Crippen molar-refractivity contribution < 1.29 is 24.2 Å². The average Bonchev–Trinajstić information content (AvgIpc) is 3.42. The fourth-order valence-corrected chi connectivity index (χ4v) is 5.29. The first kappa shape index (κ1) is 23.8. The van der Waals surface area contributed by atoms with Crippen molar-refractivity contribution in [1.29, 1.82) is 0 Å². The van der Waals surface area contributed by atoms with Crippen molar-refractivity contribution in [1.82, 2.24) is 10.2 Å². The highest BCUT2D eigenvalue weighted by molar-refractivity contribution is 5.81. The molecule has 7 heteroatoms. The van der Waals surface area contributed by atoms with Gasteiger partial charge in [-0.1, -0.05) is 61.9 Å². The number of rotatable bonds is 9. The van der Waals surface area contributed by atoms with E-state index in [2.05, 4.69) is 29.6 Å². The number of carbonyl (C=O) groups excluding carboxylic acids is 2. The molecule has 0 bridgehead atoms. The van der Waals surface area contributed by atoms with Crippen LogP contribution in [0.5, 0.6) is 0 Å². The molecule has 180 valence electrons. The molecule has 4 rings (SSSR count). The molecule has 2 amide bonds. The predicted octanol–water partition coefficient (Wildman–Crippen LogP) is 4.41. The molecular weight excluding hydrogens is 432 g/mol. The third kappa shape index (κ3) is 5.08. The number of ether oxygens (including phenoxy) is 1. The molecule has 1 heterocycles. The summed E-state index contributed by atoms with van der Waals surface area (Å²) in [5.41, 5.74) is 4.63. The van der Waals surface area contributed by atoms with Crippen LogP contribution in [0, 0.1) is 5.92 Å². The summed E-state index contributed by atoms with van der Waals surface area (Å²) in [6.07, 6.45) is 2.35. The Morgan fingerprint density at radius 2 is 1.74 bits per heavy atom. The number of alkyl carbamates (subject to hydrolysis) is 1. The van der Waals surface area contributed by atoms with E-state index in [0.717, 1.165) is 24.0 Å². The van der Waals surface area contributed by atoms with Gasteiger partial charge in [-0.05, 0) is 41.5 Å². The molecule has 7 nitrogen and oxygen atoms in total. The Hall–Kier alpha value is -3.35. The van der Waals surface area contributed by atoms with Crippen LogP contribution in [0.4, 0.5) is 4.79 Å². The largest absolute Gasteiger partial charge is 0.481 e. The van der Waals surface area contributed by atoms with Crippen molar-refractivity contribution in [3.05, 3.63) is 59.7 Å². The first-order chi connectivity index (χ1) is 16.5. The van der Waals surface area contributed by atoms with Crippen molar-refractivity contribution >= 4 is 18.0 Å². The van der Waals surface area contributed by atoms with Crippen molar-refractivity contribution in [2.24, 2.45) is 5.92 Å². The second kappa shape index (κ2) is 10.7. The van der Waals surface area contributed by atoms with Crippen molar-refractivity contribution in [3.8, 4) is 11.1 Å². The van der Waals surface area contributed by atoms with Crippen LogP contribution in [0.15, 0.2) is 48.5 Å². The molecule has 34 heavy (non-hydrogen) atoms. The number of nitrogens with one attached hydrogen (secondary N) is 1. The molecule has 1 aliphatic heterocycles. The number of aliphatic carboxylic acids is 1. The van der Waals surface area contributed by atoms with Gasteiger partial charge in [0.15, 0.2) is 0 Å². The zero-order chi connectivity index (χ0) is 24.1. The number of carboxylic acids is 1. The number of carboxylic acid groups (broad SMARTS) is 1. The lowest BCUT2D eigenvalue weighted by atomic mass is 9.98. The van der Waals surface area contributed by atoms with Crippen LogP contribution in [0.2, 0.25) is 0 Å². The Balaban J connectivity index is 1.34. The van der Waals surface area contributed by atoms with Gasteiger partial charge in [0.1, 0.15) is 6.61 Å². The number of hydrogen-bond donors (Lipinski definition) is 2. The van der Waals surface area contributed by atoms with Crippen LogP contribution < -0.4 is 5.32 Å². The fourth-order valence-electron chi connectivity index (χ4n) is 5.29. The Morgan fingerprint density at radius 3 is 2.35 bits per heavy atom. The summed E-state index contributed by atoms with van der Waals surface area (Å²) in [6.45, 7) is 2.97. The van der Waals surface area contributed by atoms with Crippen LogP contribution >= 0.6 is 0 Å². The number of carbonyl (C=O) groups is 3. The van der Waals surface area contributed by atoms with Crippen LogP contribution in [0.3, 0.4) is 0 Å². The number of fused-ring (bicyclic) bond motifs is 3. The highest BCUT2D eigenvalue weighted by Crippen LogP contribution is 2.44. The fraction of sp³-hybridized carbons (Fsp3) is 0.444. The molecule has 0 spiro atoms. The summed E-state index contributed by atoms with van der Waals surface area (Å²) in [5, 5.41) is 11.9. The molecule has 1 unspecified atom stereocenters. The summed E-state index contributed by atoms with van der Waals surface area (Å²) in [4.78, 5) is 38.5. The maximum Gasteiger partial charge on any atom is 0.407 e. The average molecular weight is 465 g/mol. The summed E-state index contributed by atoms with van der Waals surface area (Å²) in [6, 6.07) is 16.1. The van der Waals surface area contributed by atoms with Gasteiger partial charge in [-0.2, -0.15) is 0 Å². The van der Waals surface area contributed by atoms with E-state index in [9.17, 15) is 14.4 Å². The van der Waals surface area contributed by atoms with E-state index in [4.69, 9.17) is 9.84 Å². The van der Waals surface area contributed by atoms with Crippen LogP contribution in [-0.4, -0.2) is 53.7 Å². The zero-order valence-corrected chi connectivity index (χ0v) is 19.5. The van der Waals surface area contributed by atoms with Gasteiger partial charge in [-0.3, -0.25) is 9.59 Å². The van der Waals surface area contributed by atoms with E-state index in [1.54, 1.807) is 4.90 Å². The highest BCUT2D eigenvalue weighted by atomic mass is 16.5. The van der Waals surface area contributed by atoms with Crippen LogP contribution in [0.25, 0.3) is 11.1 Å². The number of benzene rings is 2.